The number of amides is 2. The van der Waals surface area contributed by atoms with E-state index in [1.165, 1.54) is 11.3 Å². The molecule has 2 heterocycles. The molecule has 0 aliphatic rings. The topological polar surface area (TPSA) is 85.3 Å². The summed E-state index contributed by atoms with van der Waals surface area (Å²) in [6.45, 7) is 5.65. The highest BCUT2D eigenvalue weighted by Gasteiger charge is 2.21. The summed E-state index contributed by atoms with van der Waals surface area (Å²) in [4.78, 5) is 25.6. The van der Waals surface area contributed by atoms with Crippen LogP contribution in [-0.4, -0.2) is 40.0 Å². The molecule has 0 saturated carbocycles. The van der Waals surface area contributed by atoms with Gasteiger partial charge < -0.3 is 15.4 Å². The van der Waals surface area contributed by atoms with Crippen molar-refractivity contribution in [1.29, 1.82) is 0 Å². The zero-order valence-corrected chi connectivity index (χ0v) is 20.1. The summed E-state index contributed by atoms with van der Waals surface area (Å²) < 4.78 is 6.99. The van der Waals surface area contributed by atoms with Crippen LogP contribution in [0.4, 0.5) is 4.79 Å². The average molecular weight is 475 g/mol. The third kappa shape index (κ3) is 6.58. The van der Waals surface area contributed by atoms with Gasteiger partial charge in [-0.25, -0.2) is 4.79 Å². The minimum Gasteiger partial charge on any atom is -0.444 e. The Morgan fingerprint density at radius 2 is 1.97 bits per heavy atom. The maximum Gasteiger partial charge on any atom is 0.407 e. The van der Waals surface area contributed by atoms with Gasteiger partial charge in [-0.3, -0.25) is 9.48 Å². The van der Waals surface area contributed by atoms with E-state index in [-0.39, 0.29) is 18.5 Å². The van der Waals surface area contributed by atoms with Gasteiger partial charge in [0.15, 0.2) is 0 Å². The van der Waals surface area contributed by atoms with Gasteiger partial charge in [-0.2, -0.15) is 5.10 Å². The number of alkyl carbamates (subject to hydrolysis) is 1. The Bertz CT molecular complexity index is 1050. The fourth-order valence-corrected chi connectivity index (χ4v) is 4.23. The number of thiophene rings is 1. The predicted molar refractivity (Wildman–Crippen MR) is 127 cm³/mol. The van der Waals surface area contributed by atoms with Crippen molar-refractivity contribution in [2.24, 2.45) is 7.05 Å². The van der Waals surface area contributed by atoms with Crippen LogP contribution in [0.5, 0.6) is 0 Å². The molecule has 9 heteroatoms. The van der Waals surface area contributed by atoms with E-state index < -0.39 is 11.7 Å². The second-order valence-corrected chi connectivity index (χ2v) is 9.73. The van der Waals surface area contributed by atoms with E-state index in [0.29, 0.717) is 16.3 Å². The van der Waals surface area contributed by atoms with Gasteiger partial charge in [0.1, 0.15) is 5.60 Å². The molecule has 1 aromatic carbocycles. The molecule has 32 heavy (non-hydrogen) atoms. The molecule has 1 unspecified atom stereocenters. The Kier molecular flexibility index (Phi) is 7.58. The van der Waals surface area contributed by atoms with Gasteiger partial charge in [0.2, 0.25) is 0 Å². The Labute approximate surface area is 196 Å². The van der Waals surface area contributed by atoms with Gasteiger partial charge in [0.25, 0.3) is 5.91 Å². The summed E-state index contributed by atoms with van der Waals surface area (Å²) in [6, 6.07) is 11.3. The number of benzene rings is 1. The molecule has 1 atom stereocenters. The zero-order chi connectivity index (χ0) is 23.3. The molecule has 0 fully saturated rings. The van der Waals surface area contributed by atoms with Crippen LogP contribution in [-0.2, 0) is 18.2 Å². The number of hydrogen-bond acceptors (Lipinski definition) is 5. The van der Waals surface area contributed by atoms with Gasteiger partial charge in [-0.05, 0) is 38.8 Å². The predicted octanol–water partition coefficient (Wildman–Crippen LogP) is 4.67. The number of nitrogens with zero attached hydrogens (tertiary/aromatic N) is 2. The lowest BCUT2D eigenvalue weighted by molar-refractivity contribution is 0.0520. The van der Waals surface area contributed by atoms with Crippen molar-refractivity contribution in [3.8, 4) is 11.3 Å². The molecule has 3 rings (SSSR count). The van der Waals surface area contributed by atoms with Gasteiger partial charge in [-0.1, -0.05) is 41.9 Å². The maximum absolute atomic E-state index is 13.0. The molecule has 0 spiro atoms. The van der Waals surface area contributed by atoms with Gasteiger partial charge >= 0.3 is 6.09 Å². The van der Waals surface area contributed by atoms with Crippen LogP contribution >= 0.6 is 22.9 Å². The van der Waals surface area contributed by atoms with Crippen molar-refractivity contribution in [3.05, 3.63) is 63.4 Å². The maximum atomic E-state index is 13.0. The van der Waals surface area contributed by atoms with Crippen LogP contribution < -0.4 is 10.6 Å². The summed E-state index contributed by atoms with van der Waals surface area (Å²) in [5.74, 6) is -0.216. The third-order valence-electron chi connectivity index (χ3n) is 4.54. The second-order valence-electron chi connectivity index (χ2n) is 8.41. The third-order valence-corrected chi connectivity index (χ3v) is 5.75. The number of aromatic nitrogens is 2. The van der Waals surface area contributed by atoms with Crippen molar-refractivity contribution in [1.82, 2.24) is 20.4 Å². The fraction of sp³-hybridized carbons (Fsp3) is 0.348. The average Bonchev–Trinajstić information content (AvgIpc) is 3.32. The lowest BCUT2D eigenvalue weighted by atomic mass is 10.1. The molecule has 3 aromatic rings. The molecule has 0 saturated heterocycles. The molecule has 0 radical (unpaired) electrons. The molecule has 0 aliphatic carbocycles. The van der Waals surface area contributed by atoms with Crippen LogP contribution in [0.2, 0.25) is 5.02 Å². The number of ether oxygens (including phenoxy) is 1. The van der Waals surface area contributed by atoms with E-state index in [2.05, 4.69) is 15.7 Å². The fourth-order valence-electron chi connectivity index (χ4n) is 3.17. The number of nitrogens with one attached hydrogen (secondary N) is 2. The van der Waals surface area contributed by atoms with E-state index in [9.17, 15) is 9.59 Å². The molecular weight excluding hydrogens is 448 g/mol. The number of carbonyl (C=O) groups is 2. The number of aryl methyl sites for hydroxylation is 1. The summed E-state index contributed by atoms with van der Waals surface area (Å²) in [6.07, 6.45) is 1.62. The zero-order valence-electron chi connectivity index (χ0n) is 18.5. The number of carbonyl (C=O) groups excluding carboxylic acids is 2. The first kappa shape index (κ1) is 23.8. The minimum absolute atomic E-state index is 0.216. The monoisotopic (exact) mass is 474 g/mol. The van der Waals surface area contributed by atoms with E-state index >= 15 is 0 Å². The van der Waals surface area contributed by atoms with Crippen molar-refractivity contribution in [2.75, 3.05) is 6.54 Å². The number of rotatable bonds is 7. The molecule has 0 aliphatic heterocycles. The SMILES string of the molecule is Cn1ncc(Cl)c1-c1csc(C(=O)NC(CNC(=O)OC(C)(C)C)Cc2ccccc2)c1. The van der Waals surface area contributed by atoms with E-state index in [1.54, 1.807) is 44.8 Å². The van der Waals surface area contributed by atoms with E-state index in [4.69, 9.17) is 16.3 Å². The van der Waals surface area contributed by atoms with Crippen molar-refractivity contribution in [2.45, 2.75) is 38.8 Å². The van der Waals surface area contributed by atoms with Crippen molar-refractivity contribution >= 4 is 34.9 Å². The molecular formula is C23H27ClN4O3S. The van der Waals surface area contributed by atoms with Crippen molar-refractivity contribution < 1.29 is 14.3 Å². The lowest BCUT2D eigenvalue weighted by Crippen LogP contribution is -2.45. The smallest absolute Gasteiger partial charge is 0.407 e. The molecule has 0 bridgehead atoms. The minimum atomic E-state index is -0.595. The normalized spacial score (nSPS) is 12.3. The first-order valence-corrected chi connectivity index (χ1v) is 11.5. The van der Waals surface area contributed by atoms with Crippen LogP contribution in [0.3, 0.4) is 0 Å². The lowest BCUT2D eigenvalue weighted by Gasteiger charge is -2.22. The summed E-state index contributed by atoms with van der Waals surface area (Å²) in [5, 5.41) is 12.3. The molecule has 2 amide bonds. The van der Waals surface area contributed by atoms with Gasteiger partial charge in [0.05, 0.1) is 27.8 Å². The van der Waals surface area contributed by atoms with Crippen LogP contribution in [0.15, 0.2) is 48.0 Å². The van der Waals surface area contributed by atoms with Crippen LogP contribution in [0.1, 0.15) is 36.0 Å². The molecule has 7 nitrogen and oxygen atoms in total. The second kappa shape index (κ2) is 10.2. The number of halogens is 1. The van der Waals surface area contributed by atoms with Crippen LogP contribution in [0.25, 0.3) is 11.3 Å². The largest absolute Gasteiger partial charge is 0.444 e. The van der Waals surface area contributed by atoms with Crippen molar-refractivity contribution in [3.63, 3.8) is 0 Å². The standard InChI is InChI=1S/C23H27ClN4O3S/c1-23(2,3)31-22(30)25-12-17(10-15-8-6-5-7-9-15)27-21(29)19-11-16(14-32-19)20-18(24)13-26-28(20)4/h5-9,11,13-14,17H,10,12H2,1-4H3,(H,25,30)(H,27,29). The quantitative estimate of drug-likeness (QED) is 0.521. The Hall–Kier alpha value is -2.84. The Balaban J connectivity index is 1.71. The Morgan fingerprint density at radius 1 is 1.25 bits per heavy atom. The highest BCUT2D eigenvalue weighted by atomic mass is 35.5. The Morgan fingerprint density at radius 3 is 2.59 bits per heavy atom. The number of hydrogen-bond donors (Lipinski definition) is 2. The first-order chi connectivity index (χ1) is 15.1. The van der Waals surface area contributed by atoms with E-state index in [0.717, 1.165) is 16.8 Å². The van der Waals surface area contributed by atoms with E-state index in [1.807, 2.05) is 35.7 Å². The summed E-state index contributed by atoms with van der Waals surface area (Å²) >= 11 is 7.56. The summed E-state index contributed by atoms with van der Waals surface area (Å²) in [5.41, 5.74) is 2.05. The molecule has 2 aromatic heterocycles. The highest BCUT2D eigenvalue weighted by molar-refractivity contribution is 7.12. The summed E-state index contributed by atoms with van der Waals surface area (Å²) in [7, 11) is 1.80. The highest BCUT2D eigenvalue weighted by Crippen LogP contribution is 2.30. The molecule has 2 N–H and O–H groups in total. The van der Waals surface area contributed by atoms with Gasteiger partial charge in [0, 0.05) is 24.5 Å². The first-order valence-electron chi connectivity index (χ1n) is 10.2. The molecule has 170 valence electrons. The van der Waals surface area contributed by atoms with Gasteiger partial charge in [-0.15, -0.1) is 11.3 Å². The van der Waals surface area contributed by atoms with Crippen LogP contribution in [0, 0.1) is 0 Å².